The van der Waals surface area contributed by atoms with E-state index in [-0.39, 0.29) is 18.1 Å². The van der Waals surface area contributed by atoms with Gasteiger partial charge in [0.25, 0.3) is 0 Å². The molecule has 0 radical (unpaired) electrons. The summed E-state index contributed by atoms with van der Waals surface area (Å²) < 4.78 is 10.7. The first-order chi connectivity index (χ1) is 13.6. The van der Waals surface area contributed by atoms with Gasteiger partial charge < -0.3 is 9.47 Å². The van der Waals surface area contributed by atoms with Crippen LogP contribution in [0.15, 0.2) is 84.9 Å². The Morgan fingerprint density at radius 2 is 1.54 bits per heavy atom. The van der Waals surface area contributed by atoms with Crippen molar-refractivity contribution in [1.82, 2.24) is 0 Å². The van der Waals surface area contributed by atoms with Crippen LogP contribution in [0.4, 0.5) is 0 Å². The second-order valence-corrected chi connectivity index (χ2v) is 6.26. The van der Waals surface area contributed by atoms with Gasteiger partial charge in [-0.3, -0.25) is 4.79 Å². The van der Waals surface area contributed by atoms with Gasteiger partial charge in [-0.05, 0) is 48.0 Å². The lowest BCUT2D eigenvalue weighted by atomic mass is 10.1. The van der Waals surface area contributed by atoms with Crippen molar-refractivity contribution in [2.45, 2.75) is 0 Å². The van der Waals surface area contributed by atoms with Crippen LogP contribution >= 0.6 is 11.6 Å². The molecule has 5 heteroatoms. The first-order valence-electron chi connectivity index (χ1n) is 8.57. The maximum atomic E-state index is 12.5. The molecule has 0 unspecified atom stereocenters. The van der Waals surface area contributed by atoms with Crippen LogP contribution in [0.5, 0.6) is 11.5 Å². The second kappa shape index (κ2) is 9.53. The predicted octanol–water partition coefficient (Wildman–Crippen LogP) is 5.22. The fourth-order valence-corrected chi connectivity index (χ4v) is 2.54. The van der Waals surface area contributed by atoms with Crippen molar-refractivity contribution >= 4 is 29.4 Å². The lowest BCUT2D eigenvalue weighted by Crippen LogP contribution is -2.18. The number of esters is 1. The number of halogens is 1. The zero-order valence-electron chi connectivity index (χ0n) is 14.9. The van der Waals surface area contributed by atoms with Crippen LogP contribution in [0.3, 0.4) is 0 Å². The van der Waals surface area contributed by atoms with Crippen LogP contribution in [0, 0.1) is 0 Å². The summed E-state index contributed by atoms with van der Waals surface area (Å²) in [5.41, 5.74) is 1.20. The Labute approximate surface area is 168 Å². The van der Waals surface area contributed by atoms with Crippen LogP contribution in [-0.4, -0.2) is 18.4 Å². The van der Waals surface area contributed by atoms with Crippen molar-refractivity contribution in [3.63, 3.8) is 0 Å². The van der Waals surface area contributed by atoms with Gasteiger partial charge in [0.05, 0.1) is 5.56 Å². The van der Waals surface area contributed by atoms with Crippen molar-refractivity contribution in [3.8, 4) is 11.5 Å². The fourth-order valence-electron chi connectivity index (χ4n) is 2.41. The molecule has 28 heavy (non-hydrogen) atoms. The molecule has 0 aliphatic carbocycles. The number of carbonyl (C=O) groups is 2. The average Bonchev–Trinajstić information content (AvgIpc) is 2.73. The first kappa shape index (κ1) is 19.4. The number of ketones is 1. The molecule has 0 atom stereocenters. The van der Waals surface area contributed by atoms with Gasteiger partial charge in [-0.25, -0.2) is 4.79 Å². The topological polar surface area (TPSA) is 52.6 Å². The van der Waals surface area contributed by atoms with E-state index in [1.807, 2.05) is 30.3 Å². The van der Waals surface area contributed by atoms with Gasteiger partial charge in [0.1, 0.15) is 11.5 Å². The monoisotopic (exact) mass is 392 g/mol. The summed E-state index contributed by atoms with van der Waals surface area (Å²) in [6.45, 7) is -0.288. The molecule has 4 nitrogen and oxygen atoms in total. The van der Waals surface area contributed by atoms with Crippen LogP contribution in [0.2, 0.25) is 5.02 Å². The Bertz CT molecular complexity index is 979. The normalized spacial score (nSPS) is 10.6. The lowest BCUT2D eigenvalue weighted by Gasteiger charge is -2.09. The van der Waals surface area contributed by atoms with E-state index in [0.29, 0.717) is 16.3 Å². The number of benzene rings is 3. The highest BCUT2D eigenvalue weighted by Crippen LogP contribution is 2.20. The van der Waals surface area contributed by atoms with Crippen LogP contribution in [0.1, 0.15) is 15.9 Å². The molecule has 0 saturated heterocycles. The Kier molecular flexibility index (Phi) is 6.60. The molecule has 0 aliphatic heterocycles. The zero-order chi connectivity index (χ0) is 19.8. The summed E-state index contributed by atoms with van der Waals surface area (Å²) in [4.78, 5) is 24.6. The number of para-hydroxylation sites is 1. The highest BCUT2D eigenvalue weighted by atomic mass is 35.5. The largest absolute Gasteiger partial charge is 0.482 e. The van der Waals surface area contributed by atoms with E-state index in [1.54, 1.807) is 54.6 Å². The highest BCUT2D eigenvalue weighted by Gasteiger charge is 2.13. The average molecular weight is 393 g/mol. The summed E-state index contributed by atoms with van der Waals surface area (Å²) in [5, 5.41) is 0.575. The third-order valence-corrected chi connectivity index (χ3v) is 4.03. The van der Waals surface area contributed by atoms with E-state index in [9.17, 15) is 9.59 Å². The third kappa shape index (κ3) is 5.56. The molecular weight excluding hydrogens is 376 g/mol. The van der Waals surface area contributed by atoms with E-state index >= 15 is 0 Å². The molecule has 3 rings (SSSR count). The second-order valence-electron chi connectivity index (χ2n) is 5.82. The predicted molar refractivity (Wildman–Crippen MR) is 109 cm³/mol. The summed E-state index contributed by atoms with van der Waals surface area (Å²) in [7, 11) is 0. The Morgan fingerprint density at radius 1 is 0.857 bits per heavy atom. The third-order valence-electron chi connectivity index (χ3n) is 3.77. The van der Waals surface area contributed by atoms with Crippen molar-refractivity contribution in [2.24, 2.45) is 0 Å². The smallest absolute Gasteiger partial charge is 0.349 e. The van der Waals surface area contributed by atoms with Crippen LogP contribution in [0.25, 0.3) is 6.08 Å². The van der Waals surface area contributed by atoms with Gasteiger partial charge in [0.15, 0.2) is 12.4 Å². The minimum absolute atomic E-state index is 0.190. The van der Waals surface area contributed by atoms with E-state index in [2.05, 4.69) is 0 Å². The summed E-state index contributed by atoms with van der Waals surface area (Å²) >= 11 is 5.81. The van der Waals surface area contributed by atoms with Gasteiger partial charge in [0.2, 0.25) is 0 Å². The number of hydrogen-bond acceptors (Lipinski definition) is 4. The Morgan fingerprint density at radius 3 is 2.29 bits per heavy atom. The molecular formula is C23H17ClO4. The minimum atomic E-state index is -0.609. The molecule has 0 aliphatic rings. The Balaban J connectivity index is 1.64. The molecule has 0 saturated carbocycles. The van der Waals surface area contributed by atoms with Crippen LogP contribution < -0.4 is 9.47 Å². The van der Waals surface area contributed by atoms with Crippen molar-refractivity contribution in [1.29, 1.82) is 0 Å². The molecule has 0 fully saturated rings. The number of allylic oxidation sites excluding steroid dienone is 1. The van der Waals surface area contributed by atoms with Crippen molar-refractivity contribution < 1.29 is 19.1 Å². The first-order valence-corrected chi connectivity index (χ1v) is 8.95. The molecule has 140 valence electrons. The number of carbonyl (C=O) groups excluding carboxylic acids is 2. The SMILES string of the molecule is O=C(COc1ccc(Cl)cc1)Oc1ccccc1C(=O)/C=C/c1ccccc1. The minimum Gasteiger partial charge on any atom is -0.482 e. The maximum Gasteiger partial charge on any atom is 0.349 e. The molecule has 0 spiro atoms. The number of rotatable bonds is 7. The Hall–Kier alpha value is -3.37. The van der Waals surface area contributed by atoms with Crippen LogP contribution in [-0.2, 0) is 4.79 Å². The van der Waals surface area contributed by atoms with Gasteiger partial charge in [0, 0.05) is 5.02 Å². The highest BCUT2D eigenvalue weighted by molar-refractivity contribution is 6.30. The van der Waals surface area contributed by atoms with Gasteiger partial charge in [-0.1, -0.05) is 60.1 Å². The lowest BCUT2D eigenvalue weighted by molar-refractivity contribution is -0.136. The molecule has 0 amide bonds. The molecule has 3 aromatic rings. The summed E-state index contributed by atoms with van der Waals surface area (Å²) in [6.07, 6.45) is 3.16. The van der Waals surface area contributed by atoms with Gasteiger partial charge in [-0.2, -0.15) is 0 Å². The van der Waals surface area contributed by atoms with Crippen molar-refractivity contribution in [2.75, 3.05) is 6.61 Å². The molecule has 0 N–H and O–H groups in total. The molecule has 0 heterocycles. The quantitative estimate of drug-likeness (QED) is 0.239. The molecule has 0 bridgehead atoms. The van der Waals surface area contributed by atoms with E-state index < -0.39 is 5.97 Å². The van der Waals surface area contributed by atoms with Crippen molar-refractivity contribution in [3.05, 3.63) is 101 Å². The van der Waals surface area contributed by atoms with Gasteiger partial charge >= 0.3 is 5.97 Å². The number of hydrogen-bond donors (Lipinski definition) is 0. The van der Waals surface area contributed by atoms with E-state index in [1.165, 1.54) is 6.08 Å². The van der Waals surface area contributed by atoms with E-state index in [4.69, 9.17) is 21.1 Å². The summed E-state index contributed by atoms with van der Waals surface area (Å²) in [5.74, 6) is -0.181. The fraction of sp³-hybridized carbons (Fsp3) is 0.0435. The zero-order valence-corrected chi connectivity index (χ0v) is 15.6. The standard InChI is InChI=1S/C23H17ClO4/c24-18-11-13-19(14-12-18)27-16-23(26)28-22-9-5-4-8-20(22)21(25)15-10-17-6-2-1-3-7-17/h1-15H,16H2/b15-10+. The van der Waals surface area contributed by atoms with Gasteiger partial charge in [-0.15, -0.1) is 0 Å². The number of ether oxygens (including phenoxy) is 2. The molecule has 0 aromatic heterocycles. The summed E-state index contributed by atoms with van der Waals surface area (Å²) in [6, 6.07) is 22.7. The maximum absolute atomic E-state index is 12.5. The molecule has 3 aromatic carbocycles. The van der Waals surface area contributed by atoms with E-state index in [0.717, 1.165) is 5.56 Å².